The maximum atomic E-state index is 13.5. The van der Waals surface area contributed by atoms with Crippen LogP contribution in [-0.2, 0) is 6.54 Å². The van der Waals surface area contributed by atoms with Crippen LogP contribution in [0.1, 0.15) is 15.9 Å². The molecule has 104 valence electrons. The maximum Gasteiger partial charge on any atom is 0.256 e. The summed E-state index contributed by atoms with van der Waals surface area (Å²) in [5.74, 6) is -3.44. The summed E-state index contributed by atoms with van der Waals surface area (Å²) in [4.78, 5) is 13.2. The van der Waals surface area contributed by atoms with Crippen molar-refractivity contribution in [2.75, 3.05) is 7.05 Å². The van der Waals surface area contributed by atoms with Gasteiger partial charge >= 0.3 is 0 Å². The number of hydrogen-bond acceptors (Lipinski definition) is 1. The van der Waals surface area contributed by atoms with Crippen LogP contribution in [-0.4, -0.2) is 17.9 Å². The van der Waals surface area contributed by atoms with Crippen molar-refractivity contribution in [2.24, 2.45) is 0 Å². The number of nitrogens with zero attached hydrogens (tertiary/aromatic N) is 1. The number of rotatable bonds is 3. The summed E-state index contributed by atoms with van der Waals surface area (Å²) in [7, 11) is 1.40. The number of halogens is 3. The molecule has 0 N–H and O–H groups in total. The van der Waals surface area contributed by atoms with Gasteiger partial charge in [0.1, 0.15) is 5.82 Å². The number of carbonyl (C=O) groups is 1. The lowest BCUT2D eigenvalue weighted by Gasteiger charge is -2.18. The largest absolute Gasteiger partial charge is 0.337 e. The Balaban J connectivity index is 2.21. The number of carbonyl (C=O) groups excluding carboxylic acids is 1. The molecule has 0 fully saturated rings. The monoisotopic (exact) mass is 279 g/mol. The zero-order valence-electron chi connectivity index (χ0n) is 10.7. The molecule has 0 spiro atoms. The van der Waals surface area contributed by atoms with Crippen LogP contribution in [0.5, 0.6) is 0 Å². The minimum Gasteiger partial charge on any atom is -0.337 e. The highest BCUT2D eigenvalue weighted by atomic mass is 19.2. The van der Waals surface area contributed by atoms with Gasteiger partial charge in [-0.15, -0.1) is 0 Å². The van der Waals surface area contributed by atoms with Gasteiger partial charge in [-0.05, 0) is 18.2 Å². The molecule has 5 heteroatoms. The molecule has 0 unspecified atom stereocenters. The molecule has 2 aromatic carbocycles. The molecule has 1 amide bonds. The van der Waals surface area contributed by atoms with Crippen molar-refractivity contribution < 1.29 is 18.0 Å². The summed E-state index contributed by atoms with van der Waals surface area (Å²) in [6, 6.07) is 9.36. The van der Waals surface area contributed by atoms with Crippen LogP contribution in [0, 0.1) is 17.5 Å². The Labute approximate surface area is 114 Å². The fraction of sp³-hybridized carbons (Fsp3) is 0.133. The molecule has 0 saturated carbocycles. The first kappa shape index (κ1) is 14.1. The standard InChI is InChI=1S/C15H12F3NO/c1-19(9-10-5-2-3-7-12(10)16)15(20)11-6-4-8-13(17)14(11)18/h2-8H,9H2,1H3. The first-order valence-corrected chi connectivity index (χ1v) is 5.93. The van der Waals surface area contributed by atoms with E-state index in [1.165, 1.54) is 37.4 Å². The molecule has 2 aromatic rings. The van der Waals surface area contributed by atoms with Gasteiger partial charge in [0.2, 0.25) is 0 Å². The SMILES string of the molecule is CN(Cc1ccccc1F)C(=O)c1cccc(F)c1F. The molecule has 2 nitrogen and oxygen atoms in total. The Hall–Kier alpha value is -2.30. The van der Waals surface area contributed by atoms with Crippen LogP contribution in [0.3, 0.4) is 0 Å². The highest BCUT2D eigenvalue weighted by Gasteiger charge is 2.19. The minimum absolute atomic E-state index is 0.0263. The molecular weight excluding hydrogens is 267 g/mol. The Morgan fingerprint density at radius 3 is 2.35 bits per heavy atom. The molecule has 0 aliphatic heterocycles. The van der Waals surface area contributed by atoms with Crippen molar-refractivity contribution in [1.82, 2.24) is 4.90 Å². The smallest absolute Gasteiger partial charge is 0.256 e. The molecule has 0 aliphatic carbocycles. The van der Waals surface area contributed by atoms with Crippen molar-refractivity contribution in [1.29, 1.82) is 0 Å². The normalized spacial score (nSPS) is 10.4. The van der Waals surface area contributed by atoms with Crippen LogP contribution in [0.4, 0.5) is 13.2 Å². The van der Waals surface area contributed by atoms with E-state index in [0.29, 0.717) is 5.56 Å². The van der Waals surface area contributed by atoms with Gasteiger partial charge in [-0.1, -0.05) is 24.3 Å². The van der Waals surface area contributed by atoms with E-state index < -0.39 is 23.4 Å². The summed E-state index contributed by atoms with van der Waals surface area (Å²) in [6.45, 7) is -0.0263. The summed E-state index contributed by atoms with van der Waals surface area (Å²) in [5.41, 5.74) is -0.0657. The fourth-order valence-corrected chi connectivity index (χ4v) is 1.83. The summed E-state index contributed by atoms with van der Waals surface area (Å²) in [5, 5.41) is 0. The Kier molecular flexibility index (Phi) is 4.08. The molecule has 0 heterocycles. The molecule has 0 aromatic heterocycles. The zero-order valence-corrected chi connectivity index (χ0v) is 10.7. The molecule has 20 heavy (non-hydrogen) atoms. The Morgan fingerprint density at radius 1 is 1.00 bits per heavy atom. The van der Waals surface area contributed by atoms with Crippen molar-refractivity contribution in [3.05, 3.63) is 71.0 Å². The van der Waals surface area contributed by atoms with E-state index in [4.69, 9.17) is 0 Å². The third-order valence-electron chi connectivity index (χ3n) is 2.89. The summed E-state index contributed by atoms with van der Waals surface area (Å²) < 4.78 is 40.1. The second-order valence-electron chi connectivity index (χ2n) is 4.35. The highest BCUT2D eigenvalue weighted by molar-refractivity contribution is 5.94. The van der Waals surface area contributed by atoms with Gasteiger partial charge in [-0.2, -0.15) is 0 Å². The Morgan fingerprint density at radius 2 is 1.65 bits per heavy atom. The van der Waals surface area contributed by atoms with E-state index in [9.17, 15) is 18.0 Å². The highest BCUT2D eigenvalue weighted by Crippen LogP contribution is 2.15. The summed E-state index contributed by atoms with van der Waals surface area (Å²) >= 11 is 0. The van der Waals surface area contributed by atoms with Gasteiger partial charge in [0.25, 0.3) is 5.91 Å². The van der Waals surface area contributed by atoms with E-state index in [0.717, 1.165) is 11.0 Å². The third-order valence-corrected chi connectivity index (χ3v) is 2.89. The molecule has 0 aliphatic rings. The first-order valence-electron chi connectivity index (χ1n) is 5.93. The average Bonchev–Trinajstić information content (AvgIpc) is 2.43. The van der Waals surface area contributed by atoms with Gasteiger partial charge in [-0.25, -0.2) is 13.2 Å². The van der Waals surface area contributed by atoms with E-state index in [1.54, 1.807) is 6.07 Å². The Bertz CT molecular complexity index is 643. The van der Waals surface area contributed by atoms with Gasteiger partial charge < -0.3 is 4.90 Å². The number of benzene rings is 2. The van der Waals surface area contributed by atoms with Crippen molar-refractivity contribution in [2.45, 2.75) is 6.54 Å². The van der Waals surface area contributed by atoms with Crippen molar-refractivity contribution >= 4 is 5.91 Å². The maximum absolute atomic E-state index is 13.5. The van der Waals surface area contributed by atoms with Crippen LogP contribution >= 0.6 is 0 Å². The van der Waals surface area contributed by atoms with Gasteiger partial charge in [0.15, 0.2) is 11.6 Å². The molecule has 0 bridgehead atoms. The van der Waals surface area contributed by atoms with E-state index in [-0.39, 0.29) is 12.1 Å². The van der Waals surface area contributed by atoms with Crippen LogP contribution in [0.2, 0.25) is 0 Å². The topological polar surface area (TPSA) is 20.3 Å². The van der Waals surface area contributed by atoms with Gasteiger partial charge in [0, 0.05) is 19.2 Å². The lowest BCUT2D eigenvalue weighted by atomic mass is 10.1. The van der Waals surface area contributed by atoms with E-state index >= 15 is 0 Å². The van der Waals surface area contributed by atoms with Crippen LogP contribution in [0.15, 0.2) is 42.5 Å². The second-order valence-corrected chi connectivity index (χ2v) is 4.35. The molecule has 2 rings (SSSR count). The zero-order chi connectivity index (χ0) is 14.7. The minimum atomic E-state index is -1.20. The van der Waals surface area contributed by atoms with Gasteiger partial charge in [-0.3, -0.25) is 4.79 Å². The molecule has 0 atom stereocenters. The van der Waals surface area contributed by atoms with E-state index in [1.807, 2.05) is 0 Å². The predicted octanol–water partition coefficient (Wildman–Crippen LogP) is 3.38. The van der Waals surface area contributed by atoms with Crippen LogP contribution < -0.4 is 0 Å². The second kappa shape index (κ2) is 5.77. The average molecular weight is 279 g/mol. The third kappa shape index (κ3) is 2.82. The lowest BCUT2D eigenvalue weighted by Crippen LogP contribution is -2.27. The quantitative estimate of drug-likeness (QED) is 0.843. The number of hydrogen-bond donors (Lipinski definition) is 0. The van der Waals surface area contributed by atoms with E-state index in [2.05, 4.69) is 0 Å². The lowest BCUT2D eigenvalue weighted by molar-refractivity contribution is 0.0778. The van der Waals surface area contributed by atoms with Crippen LogP contribution in [0.25, 0.3) is 0 Å². The van der Waals surface area contributed by atoms with Gasteiger partial charge in [0.05, 0.1) is 5.56 Å². The molecular formula is C15H12F3NO. The summed E-state index contributed by atoms with van der Waals surface area (Å²) in [6.07, 6.45) is 0. The fourth-order valence-electron chi connectivity index (χ4n) is 1.83. The number of amides is 1. The predicted molar refractivity (Wildman–Crippen MR) is 68.6 cm³/mol. The first-order chi connectivity index (χ1) is 9.50. The molecule has 0 radical (unpaired) electrons. The van der Waals surface area contributed by atoms with Crippen molar-refractivity contribution in [3.63, 3.8) is 0 Å². The van der Waals surface area contributed by atoms with Crippen molar-refractivity contribution in [3.8, 4) is 0 Å². The molecule has 0 saturated heterocycles.